The Bertz CT molecular complexity index is 886. The molecule has 0 spiro atoms. The van der Waals surface area contributed by atoms with Crippen LogP contribution < -0.4 is 5.32 Å². The number of halogens is 2. The monoisotopic (exact) mass is 356 g/mol. The van der Waals surface area contributed by atoms with Crippen LogP contribution in [0.3, 0.4) is 0 Å². The third kappa shape index (κ3) is 4.02. The van der Waals surface area contributed by atoms with E-state index in [4.69, 9.17) is 11.6 Å². The number of aliphatic hydroxyl groups excluding tert-OH is 1. The lowest BCUT2D eigenvalue weighted by Gasteiger charge is -2.17. The van der Waals surface area contributed by atoms with Crippen molar-refractivity contribution in [3.63, 3.8) is 0 Å². The molecular formula is C19H14ClFN2O2. The molecule has 1 atom stereocenters. The molecule has 1 amide bonds. The molecule has 4 nitrogen and oxygen atoms in total. The molecule has 0 bridgehead atoms. The average molecular weight is 357 g/mol. The Labute approximate surface area is 148 Å². The quantitative estimate of drug-likeness (QED) is 0.736. The molecule has 1 heterocycles. The first-order valence-electron chi connectivity index (χ1n) is 7.49. The molecule has 2 N–H and O–H groups in total. The molecule has 126 valence electrons. The normalized spacial score (nSPS) is 11.8. The molecule has 0 saturated carbocycles. The zero-order valence-electron chi connectivity index (χ0n) is 13.0. The topological polar surface area (TPSA) is 62.2 Å². The molecule has 25 heavy (non-hydrogen) atoms. The Morgan fingerprint density at radius 2 is 1.76 bits per heavy atom. The number of nitrogens with zero attached hydrogens (tertiary/aromatic N) is 1. The van der Waals surface area contributed by atoms with Crippen molar-refractivity contribution >= 4 is 23.2 Å². The van der Waals surface area contributed by atoms with E-state index in [1.165, 1.54) is 36.7 Å². The Hall–Kier alpha value is -2.76. The van der Waals surface area contributed by atoms with Crippen molar-refractivity contribution in [3.8, 4) is 0 Å². The van der Waals surface area contributed by atoms with Gasteiger partial charge in [-0.2, -0.15) is 0 Å². The van der Waals surface area contributed by atoms with E-state index in [0.717, 1.165) is 0 Å². The summed E-state index contributed by atoms with van der Waals surface area (Å²) in [7, 11) is 0. The maximum absolute atomic E-state index is 13.1. The van der Waals surface area contributed by atoms with Gasteiger partial charge in [-0.3, -0.25) is 9.78 Å². The molecule has 0 aliphatic heterocycles. The maximum atomic E-state index is 13.1. The van der Waals surface area contributed by atoms with Crippen LogP contribution in [0.2, 0.25) is 5.02 Å². The number of aliphatic hydroxyl groups is 1. The zero-order chi connectivity index (χ0) is 17.8. The molecule has 3 aromatic rings. The van der Waals surface area contributed by atoms with Gasteiger partial charge in [-0.1, -0.05) is 23.7 Å². The lowest BCUT2D eigenvalue weighted by Crippen LogP contribution is -2.14. The lowest BCUT2D eigenvalue weighted by atomic mass is 9.99. The minimum absolute atomic E-state index is 0.336. The second-order valence-corrected chi connectivity index (χ2v) is 5.81. The van der Waals surface area contributed by atoms with Crippen molar-refractivity contribution in [2.75, 3.05) is 5.32 Å². The van der Waals surface area contributed by atoms with Gasteiger partial charge in [0.2, 0.25) is 0 Å². The summed E-state index contributed by atoms with van der Waals surface area (Å²) in [5.74, 6) is -0.731. The van der Waals surface area contributed by atoms with Crippen molar-refractivity contribution in [2.45, 2.75) is 6.10 Å². The summed E-state index contributed by atoms with van der Waals surface area (Å²) in [6.07, 6.45) is 1.97. The Kier molecular flexibility index (Phi) is 5.07. The van der Waals surface area contributed by atoms with Gasteiger partial charge in [0.1, 0.15) is 11.9 Å². The van der Waals surface area contributed by atoms with Crippen LogP contribution in [0.1, 0.15) is 27.6 Å². The Morgan fingerprint density at radius 1 is 1.08 bits per heavy atom. The van der Waals surface area contributed by atoms with Crippen LogP contribution in [-0.4, -0.2) is 16.0 Å². The number of nitrogens with one attached hydrogen (secondary N) is 1. The fourth-order valence-corrected chi connectivity index (χ4v) is 2.58. The van der Waals surface area contributed by atoms with Crippen molar-refractivity contribution in [2.24, 2.45) is 0 Å². The summed E-state index contributed by atoms with van der Waals surface area (Å²) in [5.41, 5.74) is 1.76. The molecule has 2 aromatic carbocycles. The number of carbonyl (C=O) groups is 1. The molecule has 1 aromatic heterocycles. The SMILES string of the molecule is O=C(Nc1ccc(Cl)cc1[C@@H](O)c1ccc(F)cc1)c1ccncc1. The summed E-state index contributed by atoms with van der Waals surface area (Å²) < 4.78 is 13.1. The van der Waals surface area contributed by atoms with E-state index >= 15 is 0 Å². The van der Waals surface area contributed by atoms with Gasteiger partial charge in [-0.25, -0.2) is 4.39 Å². The number of carbonyl (C=O) groups excluding carboxylic acids is 1. The lowest BCUT2D eigenvalue weighted by molar-refractivity contribution is 0.102. The van der Waals surface area contributed by atoms with Gasteiger partial charge in [-0.15, -0.1) is 0 Å². The largest absolute Gasteiger partial charge is 0.384 e. The Balaban J connectivity index is 1.92. The summed E-state index contributed by atoms with van der Waals surface area (Å²) >= 11 is 6.04. The number of pyridine rings is 1. The highest BCUT2D eigenvalue weighted by Gasteiger charge is 2.17. The van der Waals surface area contributed by atoms with Crippen LogP contribution in [0.4, 0.5) is 10.1 Å². The highest BCUT2D eigenvalue weighted by Crippen LogP contribution is 2.31. The van der Waals surface area contributed by atoms with Crippen LogP contribution in [-0.2, 0) is 0 Å². The fraction of sp³-hybridized carbons (Fsp3) is 0.0526. The molecule has 0 unspecified atom stereocenters. The highest BCUT2D eigenvalue weighted by atomic mass is 35.5. The van der Waals surface area contributed by atoms with Crippen molar-refractivity contribution < 1.29 is 14.3 Å². The molecule has 0 saturated heterocycles. The van der Waals surface area contributed by atoms with Crippen LogP contribution in [0, 0.1) is 5.82 Å². The van der Waals surface area contributed by atoms with E-state index < -0.39 is 11.9 Å². The van der Waals surface area contributed by atoms with Gasteiger partial charge in [-0.05, 0) is 48.0 Å². The number of amides is 1. The van der Waals surface area contributed by atoms with Gasteiger partial charge in [0.05, 0.1) is 0 Å². The summed E-state index contributed by atoms with van der Waals surface area (Å²) in [4.78, 5) is 16.2. The molecule has 0 aliphatic rings. The summed E-state index contributed by atoms with van der Waals surface area (Å²) in [5, 5.41) is 13.8. The van der Waals surface area contributed by atoms with E-state index in [1.54, 1.807) is 30.3 Å². The van der Waals surface area contributed by atoms with Crippen LogP contribution in [0.25, 0.3) is 0 Å². The standard InChI is InChI=1S/C19H14ClFN2O2/c20-14-3-6-17(23-19(25)13-7-9-22-10-8-13)16(11-14)18(24)12-1-4-15(21)5-2-12/h1-11,18,24H,(H,23,25)/t18-/m0/s1. The summed E-state index contributed by atoms with van der Waals surface area (Å²) in [6, 6.07) is 13.5. The molecule has 0 aliphatic carbocycles. The Morgan fingerprint density at radius 3 is 2.44 bits per heavy atom. The zero-order valence-corrected chi connectivity index (χ0v) is 13.7. The number of aromatic nitrogens is 1. The van der Waals surface area contributed by atoms with E-state index in [-0.39, 0.29) is 5.91 Å². The van der Waals surface area contributed by atoms with Crippen molar-refractivity contribution in [3.05, 3.63) is 94.5 Å². The summed E-state index contributed by atoms with van der Waals surface area (Å²) in [6.45, 7) is 0. The van der Waals surface area contributed by atoms with E-state index in [9.17, 15) is 14.3 Å². The number of benzene rings is 2. The van der Waals surface area contributed by atoms with Crippen LogP contribution in [0.15, 0.2) is 67.0 Å². The number of rotatable bonds is 4. The molecular weight excluding hydrogens is 343 g/mol. The average Bonchev–Trinajstić information content (AvgIpc) is 2.64. The molecule has 3 rings (SSSR count). The van der Waals surface area contributed by atoms with Gasteiger partial charge in [0.15, 0.2) is 0 Å². The predicted molar refractivity (Wildman–Crippen MR) is 94.1 cm³/mol. The molecule has 6 heteroatoms. The molecule has 0 radical (unpaired) electrons. The number of hydrogen-bond donors (Lipinski definition) is 2. The maximum Gasteiger partial charge on any atom is 0.255 e. The first kappa shape index (κ1) is 17.1. The number of anilines is 1. The number of hydrogen-bond acceptors (Lipinski definition) is 3. The van der Waals surface area contributed by atoms with Gasteiger partial charge >= 0.3 is 0 Å². The van der Waals surface area contributed by atoms with E-state index in [2.05, 4.69) is 10.3 Å². The minimum Gasteiger partial charge on any atom is -0.384 e. The first-order chi connectivity index (χ1) is 12.0. The third-order valence-electron chi connectivity index (χ3n) is 3.68. The van der Waals surface area contributed by atoms with Gasteiger partial charge in [0, 0.05) is 34.2 Å². The van der Waals surface area contributed by atoms with Crippen molar-refractivity contribution in [1.29, 1.82) is 0 Å². The minimum atomic E-state index is -1.06. The predicted octanol–water partition coefficient (Wildman–Crippen LogP) is 4.21. The van der Waals surface area contributed by atoms with E-state index in [0.29, 0.717) is 27.4 Å². The highest BCUT2D eigenvalue weighted by molar-refractivity contribution is 6.30. The van der Waals surface area contributed by atoms with Crippen molar-refractivity contribution in [1.82, 2.24) is 4.98 Å². The fourth-order valence-electron chi connectivity index (χ4n) is 2.40. The first-order valence-corrected chi connectivity index (χ1v) is 7.87. The smallest absolute Gasteiger partial charge is 0.255 e. The second-order valence-electron chi connectivity index (χ2n) is 5.38. The third-order valence-corrected chi connectivity index (χ3v) is 3.92. The molecule has 0 fully saturated rings. The van der Waals surface area contributed by atoms with Gasteiger partial charge in [0.25, 0.3) is 5.91 Å². The van der Waals surface area contributed by atoms with E-state index in [1.807, 2.05) is 0 Å². The second kappa shape index (κ2) is 7.42. The van der Waals surface area contributed by atoms with Gasteiger partial charge < -0.3 is 10.4 Å². The van der Waals surface area contributed by atoms with Crippen LogP contribution in [0.5, 0.6) is 0 Å². The van der Waals surface area contributed by atoms with Crippen LogP contribution >= 0.6 is 11.6 Å².